The minimum absolute atomic E-state index is 0.157. The Morgan fingerprint density at radius 1 is 1.02 bits per heavy atom. The number of hydrogen-bond acceptors (Lipinski definition) is 5. The zero-order valence-corrected chi connectivity index (χ0v) is 23.5. The maximum Gasteiger partial charge on any atom is 0.419 e. The zero-order valence-electron chi connectivity index (χ0n) is 23.5. The summed E-state index contributed by atoms with van der Waals surface area (Å²) in [6.45, 7) is 7.06. The van der Waals surface area contributed by atoms with Gasteiger partial charge in [-0.15, -0.1) is 0 Å². The number of aromatic amines is 1. The number of alkyl halides is 3. The molecular formula is C31H30F4N6O. The van der Waals surface area contributed by atoms with Crippen molar-refractivity contribution in [3.05, 3.63) is 82.7 Å². The molecule has 0 unspecified atom stereocenters. The highest BCUT2D eigenvalue weighted by Crippen LogP contribution is 2.42. The van der Waals surface area contributed by atoms with Crippen LogP contribution in [0.25, 0.3) is 27.8 Å². The third-order valence-electron chi connectivity index (χ3n) is 7.76. The molecule has 0 saturated carbocycles. The molecule has 0 radical (unpaired) electrons. The molecule has 0 aliphatic carbocycles. The first-order valence-electron chi connectivity index (χ1n) is 14.0. The van der Waals surface area contributed by atoms with Crippen LogP contribution < -0.4 is 9.64 Å². The summed E-state index contributed by atoms with van der Waals surface area (Å²) in [4.78, 5) is 13.0. The predicted molar refractivity (Wildman–Crippen MR) is 153 cm³/mol. The highest BCUT2D eigenvalue weighted by atomic mass is 19.4. The minimum atomic E-state index is -4.52. The van der Waals surface area contributed by atoms with E-state index >= 15 is 4.39 Å². The van der Waals surface area contributed by atoms with Crippen LogP contribution in [0.3, 0.4) is 0 Å². The molecule has 6 rings (SSSR count). The van der Waals surface area contributed by atoms with E-state index in [4.69, 9.17) is 9.84 Å². The number of anilines is 1. The van der Waals surface area contributed by atoms with E-state index in [-0.39, 0.29) is 11.7 Å². The van der Waals surface area contributed by atoms with Crippen molar-refractivity contribution in [1.29, 1.82) is 0 Å². The number of halogens is 4. The second kappa shape index (κ2) is 10.8. The maximum atomic E-state index is 15.7. The summed E-state index contributed by atoms with van der Waals surface area (Å²) in [5.41, 5.74) is 5.88. The molecule has 0 spiro atoms. The van der Waals surface area contributed by atoms with Gasteiger partial charge in [0.05, 0.1) is 34.8 Å². The van der Waals surface area contributed by atoms with Gasteiger partial charge in [0.1, 0.15) is 0 Å². The van der Waals surface area contributed by atoms with E-state index in [1.54, 1.807) is 13.1 Å². The topological polar surface area (TPSA) is 71.9 Å². The number of aromatic nitrogens is 5. The molecule has 4 heterocycles. The summed E-state index contributed by atoms with van der Waals surface area (Å²) in [5.74, 6) is -0.147. The zero-order chi connectivity index (χ0) is 29.6. The van der Waals surface area contributed by atoms with Crippen LogP contribution in [0.2, 0.25) is 0 Å². The highest BCUT2D eigenvalue weighted by Gasteiger charge is 2.33. The van der Waals surface area contributed by atoms with Gasteiger partial charge < -0.3 is 14.6 Å². The number of aryl methyl sites for hydroxylation is 2. The number of ether oxygens (including phenoxy) is 1. The van der Waals surface area contributed by atoms with E-state index in [9.17, 15) is 13.2 Å². The van der Waals surface area contributed by atoms with E-state index in [0.29, 0.717) is 37.2 Å². The Hall–Kier alpha value is -4.41. The molecule has 218 valence electrons. The van der Waals surface area contributed by atoms with Gasteiger partial charge in [-0.1, -0.05) is 32.0 Å². The molecule has 5 aromatic rings. The van der Waals surface area contributed by atoms with Gasteiger partial charge in [-0.3, -0.25) is 0 Å². The Labute approximate surface area is 240 Å². The summed E-state index contributed by atoms with van der Waals surface area (Å²) in [6, 6.07) is 9.57. The number of benzene rings is 2. The van der Waals surface area contributed by atoms with Crippen molar-refractivity contribution in [3.8, 4) is 22.7 Å². The third kappa shape index (κ3) is 4.66. The SMILES string of the molecule is CCOc1c(F)cc(-c2c3c(nn2-c2c(CC)cccc2CC)CCN(c2ncc(C(F)(F)F)cn2)C3)c2cc[nH]c12. The van der Waals surface area contributed by atoms with E-state index in [0.717, 1.165) is 64.4 Å². The molecule has 42 heavy (non-hydrogen) atoms. The fraction of sp³-hybridized carbons (Fsp3) is 0.323. The lowest BCUT2D eigenvalue weighted by Crippen LogP contribution is -2.31. The maximum absolute atomic E-state index is 15.7. The molecule has 0 fully saturated rings. The van der Waals surface area contributed by atoms with E-state index in [1.165, 1.54) is 6.07 Å². The lowest BCUT2D eigenvalue weighted by Gasteiger charge is -2.27. The Balaban J connectivity index is 1.57. The molecule has 3 aromatic heterocycles. The van der Waals surface area contributed by atoms with Crippen LogP contribution in [-0.2, 0) is 32.0 Å². The predicted octanol–water partition coefficient (Wildman–Crippen LogP) is 7.05. The summed E-state index contributed by atoms with van der Waals surface area (Å²) in [6.07, 6.45) is 0.905. The first kappa shape index (κ1) is 27.7. The first-order chi connectivity index (χ1) is 20.2. The second-order valence-corrected chi connectivity index (χ2v) is 10.2. The molecule has 7 nitrogen and oxygen atoms in total. The van der Waals surface area contributed by atoms with Gasteiger partial charge in [-0.05, 0) is 43.0 Å². The monoisotopic (exact) mass is 578 g/mol. The Morgan fingerprint density at radius 2 is 1.74 bits per heavy atom. The summed E-state index contributed by atoms with van der Waals surface area (Å²) in [5, 5.41) is 5.88. The van der Waals surface area contributed by atoms with Crippen LogP contribution in [0.4, 0.5) is 23.5 Å². The van der Waals surface area contributed by atoms with Crippen molar-refractivity contribution in [2.45, 2.75) is 52.8 Å². The van der Waals surface area contributed by atoms with Gasteiger partial charge in [-0.2, -0.15) is 18.3 Å². The van der Waals surface area contributed by atoms with Gasteiger partial charge in [0, 0.05) is 54.6 Å². The van der Waals surface area contributed by atoms with Crippen LogP contribution in [0.15, 0.2) is 48.9 Å². The molecule has 0 bridgehead atoms. The summed E-state index contributed by atoms with van der Waals surface area (Å²) >= 11 is 0. The van der Waals surface area contributed by atoms with Crippen molar-refractivity contribution in [1.82, 2.24) is 24.7 Å². The Morgan fingerprint density at radius 3 is 2.38 bits per heavy atom. The first-order valence-corrected chi connectivity index (χ1v) is 14.0. The van der Waals surface area contributed by atoms with Crippen molar-refractivity contribution in [3.63, 3.8) is 0 Å². The Bertz CT molecular complexity index is 1730. The lowest BCUT2D eigenvalue weighted by molar-refractivity contribution is -0.138. The summed E-state index contributed by atoms with van der Waals surface area (Å²) < 4.78 is 62.7. The highest BCUT2D eigenvalue weighted by molar-refractivity contribution is 5.99. The fourth-order valence-electron chi connectivity index (χ4n) is 5.75. The van der Waals surface area contributed by atoms with Gasteiger partial charge in [0.25, 0.3) is 0 Å². The molecule has 0 amide bonds. The molecule has 0 saturated heterocycles. The quantitative estimate of drug-likeness (QED) is 0.210. The standard InChI is InChI=1S/C31H30F4N6O/c1-4-18-8-7-9-19(5-2)27(18)41-28(22-14-24(32)29(42-6-3)26-21(22)10-12-36-26)23-17-40(13-11-25(23)39-41)30-37-15-20(16-38-30)31(33,34)35/h7-10,12,14-16,36H,4-6,11,13,17H2,1-3H3. The van der Waals surface area contributed by atoms with E-state index < -0.39 is 17.6 Å². The number of rotatable bonds is 7. The molecule has 2 aromatic carbocycles. The van der Waals surface area contributed by atoms with Crippen LogP contribution in [0, 0.1) is 5.82 Å². The number of nitrogens with zero attached hydrogens (tertiary/aromatic N) is 5. The smallest absolute Gasteiger partial charge is 0.419 e. The molecule has 1 aliphatic heterocycles. The van der Waals surface area contributed by atoms with Gasteiger partial charge in [-0.25, -0.2) is 19.0 Å². The van der Waals surface area contributed by atoms with Gasteiger partial charge in [0.15, 0.2) is 11.6 Å². The normalized spacial score (nSPS) is 13.5. The molecule has 0 atom stereocenters. The van der Waals surface area contributed by atoms with Gasteiger partial charge in [0.2, 0.25) is 5.95 Å². The average Bonchev–Trinajstić information content (AvgIpc) is 3.62. The van der Waals surface area contributed by atoms with Crippen LogP contribution in [0.1, 0.15) is 48.7 Å². The van der Waals surface area contributed by atoms with Crippen molar-refractivity contribution in [2.24, 2.45) is 0 Å². The second-order valence-electron chi connectivity index (χ2n) is 10.2. The van der Waals surface area contributed by atoms with E-state index in [2.05, 4.69) is 40.9 Å². The number of nitrogens with one attached hydrogen (secondary N) is 1. The lowest BCUT2D eigenvalue weighted by atomic mass is 9.97. The number of para-hydroxylation sites is 1. The van der Waals surface area contributed by atoms with Crippen LogP contribution >= 0.6 is 0 Å². The average molecular weight is 579 g/mol. The van der Waals surface area contributed by atoms with Crippen molar-refractivity contribution >= 4 is 16.9 Å². The third-order valence-corrected chi connectivity index (χ3v) is 7.76. The minimum Gasteiger partial charge on any atom is -0.489 e. The molecular weight excluding hydrogens is 548 g/mol. The number of H-pyrrole nitrogens is 1. The van der Waals surface area contributed by atoms with Gasteiger partial charge >= 0.3 is 6.18 Å². The fourth-order valence-corrected chi connectivity index (χ4v) is 5.75. The van der Waals surface area contributed by atoms with E-state index in [1.807, 2.05) is 21.7 Å². The number of fused-ring (bicyclic) bond motifs is 2. The summed E-state index contributed by atoms with van der Waals surface area (Å²) in [7, 11) is 0. The van der Waals surface area contributed by atoms with Crippen molar-refractivity contribution < 1.29 is 22.3 Å². The largest absolute Gasteiger partial charge is 0.489 e. The van der Waals surface area contributed by atoms with Crippen LogP contribution in [0.5, 0.6) is 5.75 Å². The molecule has 1 N–H and O–H groups in total. The van der Waals surface area contributed by atoms with Crippen LogP contribution in [-0.4, -0.2) is 37.9 Å². The number of hydrogen-bond donors (Lipinski definition) is 1. The van der Waals surface area contributed by atoms with Crippen molar-refractivity contribution in [2.75, 3.05) is 18.1 Å². The molecule has 1 aliphatic rings. The Kier molecular flexibility index (Phi) is 7.12. The molecule has 11 heteroatoms.